The van der Waals surface area contributed by atoms with Gasteiger partial charge in [-0.1, -0.05) is 5.16 Å². The van der Waals surface area contributed by atoms with Crippen molar-refractivity contribution in [2.75, 3.05) is 13.1 Å². The summed E-state index contributed by atoms with van der Waals surface area (Å²) in [6.07, 6.45) is 3.06. The van der Waals surface area contributed by atoms with Gasteiger partial charge in [-0.3, -0.25) is 4.90 Å². The van der Waals surface area contributed by atoms with Crippen LogP contribution < -0.4 is 0 Å². The van der Waals surface area contributed by atoms with E-state index in [0.29, 0.717) is 18.4 Å². The zero-order chi connectivity index (χ0) is 10.3. The van der Waals surface area contributed by atoms with Crippen LogP contribution in [0.15, 0.2) is 4.52 Å². The summed E-state index contributed by atoms with van der Waals surface area (Å²) in [5.41, 5.74) is 0. The summed E-state index contributed by atoms with van der Waals surface area (Å²) < 4.78 is 5.18. The van der Waals surface area contributed by atoms with Crippen molar-refractivity contribution >= 4 is 0 Å². The van der Waals surface area contributed by atoms with E-state index in [4.69, 9.17) is 4.52 Å². The van der Waals surface area contributed by atoms with Gasteiger partial charge in [-0.05, 0) is 19.3 Å². The number of hydrogen-bond acceptors (Lipinski definition) is 5. The summed E-state index contributed by atoms with van der Waals surface area (Å²) in [6.45, 7) is 2.32. The van der Waals surface area contributed by atoms with Crippen molar-refractivity contribution in [3.8, 4) is 0 Å². The maximum Gasteiger partial charge on any atom is 0.240 e. The highest BCUT2D eigenvalue weighted by Crippen LogP contribution is 2.38. The number of hydrogen-bond donors (Lipinski definition) is 1. The Labute approximate surface area is 88.1 Å². The lowest BCUT2D eigenvalue weighted by atomic mass is 10.3. The minimum Gasteiger partial charge on any atom is -0.392 e. The summed E-state index contributed by atoms with van der Waals surface area (Å²) >= 11 is 0. The lowest BCUT2D eigenvalue weighted by molar-refractivity contribution is 0.169. The standard InChI is InChI=1S/C10H15N3O2/c14-8-3-4-13(5-8)6-9-11-10(12-15-9)7-1-2-7/h7-8,14H,1-6H2/t8-/m0/s1. The van der Waals surface area contributed by atoms with Gasteiger partial charge in [0.05, 0.1) is 12.6 Å². The van der Waals surface area contributed by atoms with Crippen molar-refractivity contribution in [3.05, 3.63) is 11.7 Å². The SMILES string of the molecule is O[C@H]1CCN(Cc2nc(C3CC3)no2)C1. The Balaban J connectivity index is 1.61. The minimum absolute atomic E-state index is 0.184. The molecule has 2 fully saturated rings. The fourth-order valence-electron chi connectivity index (χ4n) is 1.99. The van der Waals surface area contributed by atoms with Gasteiger partial charge in [0.25, 0.3) is 0 Å². The van der Waals surface area contributed by atoms with E-state index in [1.807, 2.05) is 0 Å². The Morgan fingerprint density at radius 3 is 2.93 bits per heavy atom. The van der Waals surface area contributed by atoms with Gasteiger partial charge in [-0.15, -0.1) is 0 Å². The highest BCUT2D eigenvalue weighted by molar-refractivity contribution is 5.03. The first kappa shape index (κ1) is 9.30. The first-order chi connectivity index (χ1) is 7.31. The molecule has 2 aliphatic rings. The van der Waals surface area contributed by atoms with Crippen LogP contribution in [-0.4, -0.2) is 39.3 Å². The van der Waals surface area contributed by atoms with Gasteiger partial charge in [-0.2, -0.15) is 4.98 Å². The molecule has 1 atom stereocenters. The van der Waals surface area contributed by atoms with Gasteiger partial charge in [0.2, 0.25) is 5.89 Å². The summed E-state index contributed by atoms with van der Waals surface area (Å²) in [4.78, 5) is 6.51. The second kappa shape index (κ2) is 3.57. The Kier molecular flexibility index (Phi) is 2.21. The average Bonchev–Trinajstić information content (AvgIpc) is 2.84. The highest BCUT2D eigenvalue weighted by Gasteiger charge is 2.29. The van der Waals surface area contributed by atoms with Crippen LogP contribution in [0.25, 0.3) is 0 Å². The first-order valence-corrected chi connectivity index (χ1v) is 5.54. The third-order valence-corrected chi connectivity index (χ3v) is 3.03. The molecule has 0 bridgehead atoms. The molecular weight excluding hydrogens is 194 g/mol. The summed E-state index contributed by atoms with van der Waals surface area (Å²) in [7, 11) is 0. The van der Waals surface area contributed by atoms with E-state index in [0.717, 1.165) is 25.3 Å². The lowest BCUT2D eigenvalue weighted by Gasteiger charge is -2.10. The number of aromatic nitrogens is 2. The van der Waals surface area contributed by atoms with Crippen LogP contribution >= 0.6 is 0 Å². The molecule has 0 radical (unpaired) electrons. The summed E-state index contributed by atoms with van der Waals surface area (Å²) in [5.74, 6) is 2.10. The maximum atomic E-state index is 9.37. The van der Waals surface area contributed by atoms with E-state index in [-0.39, 0.29) is 6.10 Å². The van der Waals surface area contributed by atoms with Crippen LogP contribution in [0, 0.1) is 0 Å². The molecule has 1 aromatic rings. The minimum atomic E-state index is -0.184. The highest BCUT2D eigenvalue weighted by atomic mass is 16.5. The molecule has 1 aromatic heterocycles. The third-order valence-electron chi connectivity index (χ3n) is 3.03. The van der Waals surface area contributed by atoms with Gasteiger partial charge in [0.15, 0.2) is 5.82 Å². The fraction of sp³-hybridized carbons (Fsp3) is 0.800. The zero-order valence-corrected chi connectivity index (χ0v) is 8.59. The predicted octanol–water partition coefficient (Wildman–Crippen LogP) is 0.514. The number of aliphatic hydroxyl groups excluding tert-OH is 1. The van der Waals surface area contributed by atoms with Crippen molar-refractivity contribution in [1.29, 1.82) is 0 Å². The molecule has 1 N–H and O–H groups in total. The maximum absolute atomic E-state index is 9.37. The number of β-amino-alcohol motifs (C(OH)–C–C–N with tert-alkyl or cyclic N) is 1. The van der Waals surface area contributed by atoms with E-state index in [9.17, 15) is 5.11 Å². The van der Waals surface area contributed by atoms with Gasteiger partial charge < -0.3 is 9.63 Å². The molecule has 1 saturated heterocycles. The van der Waals surface area contributed by atoms with Crippen LogP contribution in [0.5, 0.6) is 0 Å². The molecule has 1 aliphatic carbocycles. The van der Waals surface area contributed by atoms with Crippen molar-refractivity contribution in [2.45, 2.75) is 37.8 Å². The molecule has 2 heterocycles. The number of rotatable bonds is 3. The van der Waals surface area contributed by atoms with Crippen LogP contribution in [-0.2, 0) is 6.54 Å². The Morgan fingerprint density at radius 1 is 1.40 bits per heavy atom. The van der Waals surface area contributed by atoms with E-state index < -0.39 is 0 Å². The Bertz CT molecular complexity index is 348. The molecule has 1 aliphatic heterocycles. The summed E-state index contributed by atoms with van der Waals surface area (Å²) in [5, 5.41) is 13.3. The van der Waals surface area contributed by atoms with Crippen molar-refractivity contribution < 1.29 is 9.63 Å². The zero-order valence-electron chi connectivity index (χ0n) is 8.59. The molecule has 0 aromatic carbocycles. The Morgan fingerprint density at radius 2 is 2.27 bits per heavy atom. The monoisotopic (exact) mass is 209 g/mol. The smallest absolute Gasteiger partial charge is 0.240 e. The second-order valence-electron chi connectivity index (χ2n) is 4.50. The van der Waals surface area contributed by atoms with E-state index >= 15 is 0 Å². The summed E-state index contributed by atoms with van der Waals surface area (Å²) in [6, 6.07) is 0. The van der Waals surface area contributed by atoms with E-state index in [1.54, 1.807) is 0 Å². The molecule has 0 spiro atoms. The van der Waals surface area contributed by atoms with Gasteiger partial charge >= 0.3 is 0 Å². The topological polar surface area (TPSA) is 62.4 Å². The molecule has 0 amide bonds. The molecule has 82 valence electrons. The van der Waals surface area contributed by atoms with Crippen LogP contribution in [0.3, 0.4) is 0 Å². The average molecular weight is 209 g/mol. The molecule has 5 nitrogen and oxygen atoms in total. The largest absolute Gasteiger partial charge is 0.392 e. The van der Waals surface area contributed by atoms with E-state index in [2.05, 4.69) is 15.0 Å². The molecule has 1 saturated carbocycles. The first-order valence-electron chi connectivity index (χ1n) is 5.54. The number of aliphatic hydroxyl groups is 1. The van der Waals surface area contributed by atoms with Gasteiger partial charge in [-0.25, -0.2) is 0 Å². The third kappa shape index (κ3) is 2.03. The molecule has 5 heteroatoms. The van der Waals surface area contributed by atoms with Crippen LogP contribution in [0.4, 0.5) is 0 Å². The van der Waals surface area contributed by atoms with Crippen molar-refractivity contribution in [3.63, 3.8) is 0 Å². The normalized spacial score (nSPS) is 27.4. The number of nitrogens with zero attached hydrogens (tertiary/aromatic N) is 3. The Hall–Kier alpha value is -0.940. The fourth-order valence-corrected chi connectivity index (χ4v) is 1.99. The van der Waals surface area contributed by atoms with Gasteiger partial charge in [0, 0.05) is 19.0 Å². The van der Waals surface area contributed by atoms with Crippen LogP contribution in [0.2, 0.25) is 0 Å². The molecule has 0 unspecified atom stereocenters. The van der Waals surface area contributed by atoms with Crippen molar-refractivity contribution in [2.24, 2.45) is 0 Å². The quantitative estimate of drug-likeness (QED) is 0.786. The molecule has 15 heavy (non-hydrogen) atoms. The van der Waals surface area contributed by atoms with Gasteiger partial charge in [0.1, 0.15) is 0 Å². The molecule has 3 rings (SSSR count). The van der Waals surface area contributed by atoms with Crippen LogP contribution in [0.1, 0.15) is 36.9 Å². The lowest BCUT2D eigenvalue weighted by Crippen LogP contribution is -2.21. The van der Waals surface area contributed by atoms with E-state index in [1.165, 1.54) is 12.8 Å². The predicted molar refractivity (Wildman–Crippen MR) is 52.2 cm³/mol. The number of likely N-dealkylation sites (tertiary alicyclic amines) is 1. The molecular formula is C10H15N3O2. The van der Waals surface area contributed by atoms with Crippen molar-refractivity contribution in [1.82, 2.24) is 15.0 Å². The second-order valence-corrected chi connectivity index (χ2v) is 4.50.